The number of nitrogens with one attached hydrogen (secondary N) is 1. The second-order valence-corrected chi connectivity index (χ2v) is 5.31. The lowest BCUT2D eigenvalue weighted by Crippen LogP contribution is -2.07. The molecule has 1 N–H and O–H groups in total. The molecule has 0 aliphatic carbocycles. The Kier molecular flexibility index (Phi) is 4.38. The summed E-state index contributed by atoms with van der Waals surface area (Å²) in [6.07, 6.45) is 0.986. The highest BCUT2D eigenvalue weighted by Crippen LogP contribution is 2.29. The zero-order valence-corrected chi connectivity index (χ0v) is 13.0. The Morgan fingerprint density at radius 3 is 2.45 bits per heavy atom. The van der Waals surface area contributed by atoms with Crippen molar-refractivity contribution < 1.29 is 0 Å². The molecule has 1 heterocycles. The van der Waals surface area contributed by atoms with Crippen LogP contribution in [0.4, 0.5) is 5.82 Å². The van der Waals surface area contributed by atoms with Gasteiger partial charge in [0, 0.05) is 23.9 Å². The van der Waals surface area contributed by atoms with E-state index >= 15 is 0 Å². The highest BCUT2D eigenvalue weighted by atomic mass is 15.0. The summed E-state index contributed by atoms with van der Waals surface area (Å²) in [6, 6.07) is 8.35. The molecule has 0 spiro atoms. The summed E-state index contributed by atoms with van der Waals surface area (Å²) in [6.45, 7) is 8.57. The quantitative estimate of drug-likeness (QED) is 0.904. The SMILES string of the molecule is CCc1ccccc1-c1nc(C)c(C(C)C)c(NC)n1. The van der Waals surface area contributed by atoms with Crippen molar-refractivity contribution in [3.8, 4) is 11.4 Å². The molecule has 0 aliphatic heterocycles. The Morgan fingerprint density at radius 2 is 1.85 bits per heavy atom. The molecule has 20 heavy (non-hydrogen) atoms. The third-order valence-electron chi connectivity index (χ3n) is 3.59. The fourth-order valence-corrected chi connectivity index (χ4v) is 2.63. The van der Waals surface area contributed by atoms with E-state index in [0.717, 1.165) is 29.3 Å². The molecule has 106 valence electrons. The lowest BCUT2D eigenvalue weighted by atomic mass is 10.0. The van der Waals surface area contributed by atoms with Crippen molar-refractivity contribution in [1.82, 2.24) is 9.97 Å². The first-order valence-corrected chi connectivity index (χ1v) is 7.23. The number of hydrogen-bond acceptors (Lipinski definition) is 3. The summed E-state index contributed by atoms with van der Waals surface area (Å²) in [4.78, 5) is 9.46. The Bertz CT molecular complexity index is 603. The van der Waals surface area contributed by atoms with E-state index in [-0.39, 0.29) is 0 Å². The molecule has 0 bridgehead atoms. The highest BCUT2D eigenvalue weighted by molar-refractivity contribution is 5.63. The summed E-state index contributed by atoms with van der Waals surface area (Å²) < 4.78 is 0. The Morgan fingerprint density at radius 1 is 1.15 bits per heavy atom. The van der Waals surface area contributed by atoms with Crippen LogP contribution in [-0.4, -0.2) is 17.0 Å². The first-order valence-electron chi connectivity index (χ1n) is 7.23. The number of rotatable bonds is 4. The molecule has 0 saturated heterocycles. The molecular formula is C17H23N3. The molecule has 0 unspecified atom stereocenters. The van der Waals surface area contributed by atoms with Gasteiger partial charge < -0.3 is 5.32 Å². The van der Waals surface area contributed by atoms with Crippen LogP contribution >= 0.6 is 0 Å². The maximum atomic E-state index is 4.73. The van der Waals surface area contributed by atoms with Gasteiger partial charge in [-0.2, -0.15) is 0 Å². The molecule has 0 radical (unpaired) electrons. The zero-order valence-electron chi connectivity index (χ0n) is 13.0. The van der Waals surface area contributed by atoms with Crippen molar-refractivity contribution in [2.75, 3.05) is 12.4 Å². The third-order valence-corrected chi connectivity index (χ3v) is 3.59. The van der Waals surface area contributed by atoms with Gasteiger partial charge in [-0.1, -0.05) is 45.0 Å². The molecule has 0 amide bonds. The van der Waals surface area contributed by atoms with E-state index in [2.05, 4.69) is 51.2 Å². The third kappa shape index (κ3) is 2.67. The topological polar surface area (TPSA) is 37.8 Å². The first kappa shape index (κ1) is 14.5. The summed E-state index contributed by atoms with van der Waals surface area (Å²) in [5, 5.41) is 3.21. The second kappa shape index (κ2) is 6.04. The lowest BCUT2D eigenvalue weighted by molar-refractivity contribution is 0.833. The van der Waals surface area contributed by atoms with E-state index in [1.165, 1.54) is 11.1 Å². The largest absolute Gasteiger partial charge is 0.373 e. The van der Waals surface area contributed by atoms with Gasteiger partial charge in [-0.05, 0) is 24.8 Å². The molecule has 3 nitrogen and oxygen atoms in total. The molecule has 2 aromatic rings. The van der Waals surface area contributed by atoms with Gasteiger partial charge in [0.1, 0.15) is 5.82 Å². The molecule has 0 saturated carbocycles. The molecule has 0 atom stereocenters. The number of aromatic nitrogens is 2. The number of anilines is 1. The lowest BCUT2D eigenvalue weighted by Gasteiger charge is -2.16. The molecule has 1 aromatic carbocycles. The van der Waals surface area contributed by atoms with Gasteiger partial charge in [0.25, 0.3) is 0 Å². The van der Waals surface area contributed by atoms with E-state index < -0.39 is 0 Å². The minimum absolute atomic E-state index is 0.410. The molecule has 3 heteroatoms. The number of benzene rings is 1. The van der Waals surface area contributed by atoms with Crippen LogP contribution in [0.2, 0.25) is 0 Å². The van der Waals surface area contributed by atoms with Crippen LogP contribution in [0, 0.1) is 6.92 Å². The maximum absolute atomic E-state index is 4.73. The average Bonchev–Trinajstić information content (AvgIpc) is 2.45. The van der Waals surface area contributed by atoms with Crippen LogP contribution in [0.25, 0.3) is 11.4 Å². The number of hydrogen-bond donors (Lipinski definition) is 1. The van der Waals surface area contributed by atoms with Gasteiger partial charge in [-0.15, -0.1) is 0 Å². The Hall–Kier alpha value is -1.90. The molecule has 0 fully saturated rings. The van der Waals surface area contributed by atoms with E-state index in [1.807, 2.05) is 13.1 Å². The predicted octanol–water partition coefficient (Wildman–Crippen LogP) is 4.18. The summed E-state index contributed by atoms with van der Waals surface area (Å²) in [5.41, 5.74) is 4.67. The van der Waals surface area contributed by atoms with Crippen molar-refractivity contribution in [3.63, 3.8) is 0 Å². The van der Waals surface area contributed by atoms with Gasteiger partial charge in [-0.25, -0.2) is 9.97 Å². The standard InChI is InChI=1S/C17H23N3/c1-6-13-9-7-8-10-14(13)16-19-12(4)15(11(2)3)17(18-5)20-16/h7-11H,6H2,1-5H3,(H,18,19,20). The fraction of sp³-hybridized carbons (Fsp3) is 0.412. The summed E-state index contributed by atoms with van der Waals surface area (Å²) >= 11 is 0. The fourth-order valence-electron chi connectivity index (χ4n) is 2.63. The van der Waals surface area contributed by atoms with E-state index in [0.29, 0.717) is 5.92 Å². The van der Waals surface area contributed by atoms with Gasteiger partial charge in [-0.3, -0.25) is 0 Å². The van der Waals surface area contributed by atoms with Crippen LogP contribution in [0.1, 0.15) is 43.5 Å². The van der Waals surface area contributed by atoms with Crippen LogP contribution in [0.15, 0.2) is 24.3 Å². The molecule has 1 aromatic heterocycles. The molecule has 2 rings (SSSR count). The smallest absolute Gasteiger partial charge is 0.162 e. The maximum Gasteiger partial charge on any atom is 0.162 e. The van der Waals surface area contributed by atoms with Gasteiger partial charge >= 0.3 is 0 Å². The van der Waals surface area contributed by atoms with Gasteiger partial charge in [0.2, 0.25) is 0 Å². The summed E-state index contributed by atoms with van der Waals surface area (Å²) in [5.74, 6) is 2.16. The normalized spacial score (nSPS) is 10.9. The minimum Gasteiger partial charge on any atom is -0.373 e. The van der Waals surface area contributed by atoms with Crippen LogP contribution < -0.4 is 5.32 Å². The highest BCUT2D eigenvalue weighted by Gasteiger charge is 2.15. The first-order chi connectivity index (χ1) is 9.58. The van der Waals surface area contributed by atoms with E-state index in [4.69, 9.17) is 9.97 Å². The second-order valence-electron chi connectivity index (χ2n) is 5.31. The predicted molar refractivity (Wildman–Crippen MR) is 85.2 cm³/mol. The average molecular weight is 269 g/mol. The van der Waals surface area contributed by atoms with E-state index in [9.17, 15) is 0 Å². The van der Waals surface area contributed by atoms with Crippen molar-refractivity contribution in [3.05, 3.63) is 41.1 Å². The van der Waals surface area contributed by atoms with Gasteiger partial charge in [0.05, 0.1) is 0 Å². The van der Waals surface area contributed by atoms with Gasteiger partial charge in [0.15, 0.2) is 5.82 Å². The minimum atomic E-state index is 0.410. The van der Waals surface area contributed by atoms with Crippen LogP contribution in [0.5, 0.6) is 0 Å². The van der Waals surface area contributed by atoms with Crippen LogP contribution in [0.3, 0.4) is 0 Å². The Balaban J connectivity index is 2.62. The van der Waals surface area contributed by atoms with Crippen LogP contribution in [-0.2, 0) is 6.42 Å². The van der Waals surface area contributed by atoms with E-state index in [1.54, 1.807) is 0 Å². The molecular weight excluding hydrogens is 246 g/mol. The molecule has 0 aliphatic rings. The Labute approximate surface area is 121 Å². The number of nitrogens with zero attached hydrogens (tertiary/aromatic N) is 2. The number of aryl methyl sites for hydroxylation is 2. The van der Waals surface area contributed by atoms with Crippen molar-refractivity contribution in [2.45, 2.75) is 40.0 Å². The zero-order chi connectivity index (χ0) is 14.7. The van der Waals surface area contributed by atoms with Crippen molar-refractivity contribution >= 4 is 5.82 Å². The monoisotopic (exact) mass is 269 g/mol. The summed E-state index contributed by atoms with van der Waals surface area (Å²) in [7, 11) is 1.92. The van der Waals surface area contributed by atoms with Crippen molar-refractivity contribution in [2.24, 2.45) is 0 Å². The van der Waals surface area contributed by atoms with Crippen molar-refractivity contribution in [1.29, 1.82) is 0 Å².